The van der Waals surface area contributed by atoms with Gasteiger partial charge in [0.25, 0.3) is 5.91 Å². The van der Waals surface area contributed by atoms with Gasteiger partial charge in [0.05, 0.1) is 11.6 Å². The molecule has 3 heterocycles. The number of hydrogen-bond acceptors (Lipinski definition) is 6. The second-order valence-electron chi connectivity index (χ2n) is 7.09. The first kappa shape index (κ1) is 16.6. The number of carbonyl (C=O) groups excluding carboxylic acids is 1. The van der Waals surface area contributed by atoms with E-state index in [1.807, 2.05) is 31.2 Å². The van der Waals surface area contributed by atoms with E-state index in [0.717, 1.165) is 29.5 Å². The molecule has 3 aromatic heterocycles. The predicted octanol–water partition coefficient (Wildman–Crippen LogP) is 2.81. The lowest BCUT2D eigenvalue weighted by atomic mass is 10.0. The van der Waals surface area contributed by atoms with E-state index >= 15 is 0 Å². The van der Waals surface area contributed by atoms with E-state index in [-0.39, 0.29) is 11.9 Å². The summed E-state index contributed by atoms with van der Waals surface area (Å²) in [6.45, 7) is 3.75. The van der Waals surface area contributed by atoms with Crippen LogP contribution in [0.1, 0.15) is 45.5 Å². The average molecular weight is 374 g/mol. The zero-order chi connectivity index (χ0) is 19.3. The van der Waals surface area contributed by atoms with Gasteiger partial charge in [0, 0.05) is 18.7 Å². The highest BCUT2D eigenvalue weighted by atomic mass is 16.5. The molecular formula is C20H18N6O2. The maximum atomic E-state index is 12.8. The number of hydrogen-bond donors (Lipinski definition) is 1. The molecule has 0 radical (unpaired) electrons. The van der Waals surface area contributed by atoms with Crippen molar-refractivity contribution in [3.63, 3.8) is 0 Å². The first-order chi connectivity index (χ1) is 13.6. The molecule has 1 aromatic carbocycles. The van der Waals surface area contributed by atoms with Crippen LogP contribution in [-0.4, -0.2) is 30.9 Å². The summed E-state index contributed by atoms with van der Waals surface area (Å²) in [7, 11) is 0. The summed E-state index contributed by atoms with van der Waals surface area (Å²) in [6.07, 6.45) is 3.53. The standard InChI is InChI=1S/C20H18N6O2/c1-11-7-8-26-17(9-11)18(23-25-26)20(27)22-16-6-4-13-10-14(3-5-15(13)16)19-21-12(2)28-24-19/h3,5,7-10,16H,4,6H2,1-2H3,(H,22,27)/t16-/m1/s1. The molecule has 0 fully saturated rings. The van der Waals surface area contributed by atoms with Gasteiger partial charge < -0.3 is 9.84 Å². The van der Waals surface area contributed by atoms with Crippen molar-refractivity contribution >= 4 is 11.4 Å². The van der Waals surface area contributed by atoms with Crippen LogP contribution in [0.15, 0.2) is 41.1 Å². The highest BCUT2D eigenvalue weighted by Gasteiger charge is 2.26. The molecule has 8 heteroatoms. The number of nitrogens with zero attached hydrogens (tertiary/aromatic N) is 5. The van der Waals surface area contributed by atoms with Crippen LogP contribution in [0.25, 0.3) is 16.9 Å². The summed E-state index contributed by atoms with van der Waals surface area (Å²) in [5.74, 6) is 0.909. The van der Waals surface area contributed by atoms with Crippen LogP contribution in [0, 0.1) is 13.8 Å². The van der Waals surface area contributed by atoms with Gasteiger partial charge >= 0.3 is 0 Å². The quantitative estimate of drug-likeness (QED) is 0.592. The van der Waals surface area contributed by atoms with Crippen molar-refractivity contribution < 1.29 is 9.32 Å². The highest BCUT2D eigenvalue weighted by Crippen LogP contribution is 2.34. The van der Waals surface area contributed by atoms with Crippen molar-refractivity contribution in [3.8, 4) is 11.4 Å². The third-order valence-electron chi connectivity index (χ3n) is 5.10. The van der Waals surface area contributed by atoms with E-state index in [1.54, 1.807) is 17.6 Å². The predicted molar refractivity (Wildman–Crippen MR) is 101 cm³/mol. The Hall–Kier alpha value is -3.55. The SMILES string of the molecule is Cc1ccn2nnc(C(=O)N[C@@H]3CCc4cc(-c5noc(C)n5)ccc43)c2c1. The van der Waals surface area contributed by atoms with Gasteiger partial charge in [-0.05, 0) is 54.7 Å². The fourth-order valence-electron chi connectivity index (χ4n) is 3.71. The molecule has 1 amide bonds. The minimum Gasteiger partial charge on any atom is -0.344 e. The van der Waals surface area contributed by atoms with Crippen LogP contribution in [-0.2, 0) is 6.42 Å². The lowest BCUT2D eigenvalue weighted by molar-refractivity contribution is 0.0933. The molecule has 1 N–H and O–H groups in total. The smallest absolute Gasteiger partial charge is 0.274 e. The number of aromatic nitrogens is 5. The number of rotatable bonds is 3. The minimum absolute atomic E-state index is 0.0508. The Balaban J connectivity index is 1.40. The fraction of sp³-hybridized carbons (Fsp3) is 0.250. The average Bonchev–Trinajstić information content (AvgIpc) is 3.39. The molecule has 4 aromatic rings. The second-order valence-corrected chi connectivity index (χ2v) is 7.09. The number of fused-ring (bicyclic) bond motifs is 2. The van der Waals surface area contributed by atoms with Crippen molar-refractivity contribution in [3.05, 3.63) is 64.8 Å². The number of amides is 1. The van der Waals surface area contributed by atoms with Gasteiger partial charge in [-0.2, -0.15) is 4.98 Å². The molecule has 1 aliphatic carbocycles. The Labute approximate surface area is 160 Å². The van der Waals surface area contributed by atoms with E-state index < -0.39 is 0 Å². The Morgan fingerprint density at radius 2 is 2.14 bits per heavy atom. The molecule has 0 aliphatic heterocycles. The van der Waals surface area contributed by atoms with Crippen LogP contribution in [0.4, 0.5) is 0 Å². The molecule has 5 rings (SSSR count). The Kier molecular flexibility index (Phi) is 3.71. The largest absolute Gasteiger partial charge is 0.344 e. The Morgan fingerprint density at radius 1 is 1.25 bits per heavy atom. The zero-order valence-electron chi connectivity index (χ0n) is 15.5. The van der Waals surface area contributed by atoms with Gasteiger partial charge in [-0.1, -0.05) is 22.5 Å². The van der Waals surface area contributed by atoms with Crippen LogP contribution >= 0.6 is 0 Å². The lowest BCUT2D eigenvalue weighted by Crippen LogP contribution is -2.27. The van der Waals surface area contributed by atoms with Gasteiger partial charge in [0.2, 0.25) is 11.7 Å². The molecular weight excluding hydrogens is 356 g/mol. The summed E-state index contributed by atoms with van der Waals surface area (Å²) in [5, 5.41) is 15.2. The summed E-state index contributed by atoms with van der Waals surface area (Å²) in [6, 6.07) is 9.86. The summed E-state index contributed by atoms with van der Waals surface area (Å²) < 4.78 is 6.68. The zero-order valence-corrected chi connectivity index (χ0v) is 15.5. The number of carbonyl (C=O) groups is 1. The molecule has 1 aliphatic rings. The summed E-state index contributed by atoms with van der Waals surface area (Å²) in [5.41, 5.74) is 5.33. The number of benzene rings is 1. The van der Waals surface area contributed by atoms with Crippen molar-refractivity contribution in [2.45, 2.75) is 32.7 Å². The molecule has 1 atom stereocenters. The third-order valence-corrected chi connectivity index (χ3v) is 5.10. The number of pyridine rings is 1. The summed E-state index contributed by atoms with van der Waals surface area (Å²) >= 11 is 0. The van der Waals surface area contributed by atoms with E-state index in [9.17, 15) is 4.79 Å². The molecule has 0 bridgehead atoms. The fourth-order valence-corrected chi connectivity index (χ4v) is 3.71. The van der Waals surface area contributed by atoms with Gasteiger partial charge in [-0.25, -0.2) is 4.52 Å². The molecule has 28 heavy (non-hydrogen) atoms. The second kappa shape index (κ2) is 6.26. The van der Waals surface area contributed by atoms with E-state index in [1.165, 1.54) is 5.56 Å². The van der Waals surface area contributed by atoms with Crippen molar-refractivity contribution in [1.29, 1.82) is 0 Å². The Bertz CT molecular complexity index is 1210. The molecule has 8 nitrogen and oxygen atoms in total. The van der Waals surface area contributed by atoms with Crippen molar-refractivity contribution in [2.24, 2.45) is 0 Å². The topological polar surface area (TPSA) is 98.2 Å². The Morgan fingerprint density at radius 3 is 2.96 bits per heavy atom. The number of aryl methyl sites for hydroxylation is 3. The monoisotopic (exact) mass is 374 g/mol. The molecule has 140 valence electrons. The van der Waals surface area contributed by atoms with Gasteiger partial charge in [0.15, 0.2) is 5.69 Å². The van der Waals surface area contributed by atoms with Crippen LogP contribution in [0.5, 0.6) is 0 Å². The molecule has 0 saturated carbocycles. The molecule has 0 unspecified atom stereocenters. The maximum Gasteiger partial charge on any atom is 0.274 e. The van der Waals surface area contributed by atoms with Crippen molar-refractivity contribution in [2.75, 3.05) is 0 Å². The van der Waals surface area contributed by atoms with Crippen LogP contribution in [0.3, 0.4) is 0 Å². The van der Waals surface area contributed by atoms with Gasteiger partial charge in [-0.15, -0.1) is 5.10 Å². The van der Waals surface area contributed by atoms with Crippen LogP contribution in [0.2, 0.25) is 0 Å². The molecule has 0 saturated heterocycles. The van der Waals surface area contributed by atoms with E-state index in [2.05, 4.69) is 31.8 Å². The van der Waals surface area contributed by atoms with Gasteiger partial charge in [-0.3, -0.25) is 4.79 Å². The lowest BCUT2D eigenvalue weighted by Gasteiger charge is -2.13. The maximum absolute atomic E-state index is 12.8. The van der Waals surface area contributed by atoms with Gasteiger partial charge in [0.1, 0.15) is 0 Å². The highest BCUT2D eigenvalue weighted by molar-refractivity contribution is 5.99. The minimum atomic E-state index is -0.212. The third kappa shape index (κ3) is 2.74. The van der Waals surface area contributed by atoms with E-state index in [4.69, 9.17) is 4.52 Å². The number of nitrogens with one attached hydrogen (secondary N) is 1. The summed E-state index contributed by atoms with van der Waals surface area (Å²) in [4.78, 5) is 17.1. The van der Waals surface area contributed by atoms with Crippen LogP contribution < -0.4 is 5.32 Å². The van der Waals surface area contributed by atoms with E-state index in [0.29, 0.717) is 22.9 Å². The van der Waals surface area contributed by atoms with Crippen molar-refractivity contribution in [1.82, 2.24) is 30.3 Å². The normalized spacial score (nSPS) is 15.7. The molecule has 0 spiro atoms. The first-order valence-electron chi connectivity index (χ1n) is 9.14. The first-order valence-corrected chi connectivity index (χ1v) is 9.14.